The van der Waals surface area contributed by atoms with Crippen LogP contribution in [0.5, 0.6) is 0 Å². The zero-order chi connectivity index (χ0) is 25.2. The molecule has 1 aliphatic carbocycles. The first-order valence-corrected chi connectivity index (χ1v) is 13.8. The Hall–Kier alpha value is -2.71. The second kappa shape index (κ2) is 10.5. The Morgan fingerprint density at radius 3 is 2.46 bits per heavy atom. The number of amides is 1. The molecule has 8 heteroatoms. The van der Waals surface area contributed by atoms with E-state index in [1.165, 1.54) is 9.87 Å². The summed E-state index contributed by atoms with van der Waals surface area (Å²) in [5.41, 5.74) is 4.34. The van der Waals surface area contributed by atoms with E-state index >= 15 is 0 Å². The largest absolute Gasteiger partial charge is 0.452 e. The minimum Gasteiger partial charge on any atom is -0.452 e. The van der Waals surface area contributed by atoms with Crippen LogP contribution in [-0.2, 0) is 30.8 Å². The van der Waals surface area contributed by atoms with Crippen LogP contribution in [0.4, 0.5) is 0 Å². The van der Waals surface area contributed by atoms with E-state index in [1.807, 2.05) is 38.1 Å². The maximum absolute atomic E-state index is 13.0. The number of hydrogen-bond donors (Lipinski definition) is 1. The van der Waals surface area contributed by atoms with Gasteiger partial charge in [0.2, 0.25) is 10.0 Å². The molecule has 0 unspecified atom stereocenters. The van der Waals surface area contributed by atoms with Crippen LogP contribution in [0, 0.1) is 19.8 Å². The molecule has 1 fully saturated rings. The summed E-state index contributed by atoms with van der Waals surface area (Å²) < 4.78 is 33.0. The first-order valence-electron chi connectivity index (χ1n) is 12.3. The van der Waals surface area contributed by atoms with Crippen LogP contribution >= 0.6 is 0 Å². The molecule has 0 saturated carbocycles. The fraction of sp³-hybridized carbons (Fsp3) is 0.481. The van der Waals surface area contributed by atoms with Crippen molar-refractivity contribution in [1.29, 1.82) is 0 Å². The fourth-order valence-electron chi connectivity index (χ4n) is 4.87. The highest BCUT2D eigenvalue weighted by Gasteiger charge is 2.34. The van der Waals surface area contributed by atoms with Crippen LogP contribution in [-0.4, -0.2) is 43.8 Å². The summed E-state index contributed by atoms with van der Waals surface area (Å²) in [7, 11) is -3.61. The summed E-state index contributed by atoms with van der Waals surface area (Å²) in [6.45, 7) is 5.91. The number of carbonyl (C=O) groups is 2. The number of sulfonamides is 1. The van der Waals surface area contributed by atoms with Crippen molar-refractivity contribution in [3.63, 3.8) is 0 Å². The van der Waals surface area contributed by atoms with Crippen molar-refractivity contribution < 1.29 is 22.7 Å². The molecule has 1 N–H and O–H groups in total. The van der Waals surface area contributed by atoms with Crippen molar-refractivity contribution in [2.75, 3.05) is 13.1 Å². The molecule has 7 nitrogen and oxygen atoms in total. The van der Waals surface area contributed by atoms with Gasteiger partial charge in [-0.25, -0.2) is 8.42 Å². The van der Waals surface area contributed by atoms with Gasteiger partial charge in [0, 0.05) is 13.1 Å². The zero-order valence-corrected chi connectivity index (χ0v) is 21.4. The molecule has 0 aromatic heterocycles. The van der Waals surface area contributed by atoms with Gasteiger partial charge >= 0.3 is 5.97 Å². The Morgan fingerprint density at radius 1 is 1.03 bits per heavy atom. The van der Waals surface area contributed by atoms with Crippen molar-refractivity contribution in [3.05, 3.63) is 64.7 Å². The second-order valence-electron chi connectivity index (χ2n) is 9.66. The summed E-state index contributed by atoms with van der Waals surface area (Å²) in [6, 6.07) is 13.2. The SMILES string of the molecule is Cc1ccc(S(=O)(=O)N2CCC(C(=O)O[C@H](C)C(=O)N[C@H]3CCCc4ccccc43)CC2)cc1C. The number of ether oxygens (including phenoxy) is 1. The summed E-state index contributed by atoms with van der Waals surface area (Å²) in [5, 5.41) is 3.03. The summed E-state index contributed by atoms with van der Waals surface area (Å²) >= 11 is 0. The standard InChI is InChI=1S/C27H34N2O5S/c1-18-11-12-23(17-19(18)2)35(32,33)29-15-13-22(14-16-29)27(31)34-20(3)26(30)28-25-10-6-8-21-7-4-5-9-24(21)25/h4-5,7,9,11-12,17,20,22,25H,6,8,10,13-16H2,1-3H3,(H,28,30)/t20-,25+/m1/s1. The van der Waals surface area contributed by atoms with E-state index in [-0.39, 0.29) is 29.9 Å². The predicted molar refractivity (Wildman–Crippen MR) is 133 cm³/mol. The molecule has 1 aliphatic heterocycles. The molecule has 2 aromatic carbocycles. The van der Waals surface area contributed by atoms with Gasteiger partial charge in [0.15, 0.2) is 6.10 Å². The first-order chi connectivity index (χ1) is 16.7. The molecule has 2 aliphatic rings. The Kier molecular flexibility index (Phi) is 7.62. The number of rotatable bonds is 6. The molecular formula is C27H34N2O5S. The number of nitrogens with zero attached hydrogens (tertiary/aromatic N) is 1. The molecule has 0 bridgehead atoms. The fourth-order valence-corrected chi connectivity index (χ4v) is 6.43. The van der Waals surface area contributed by atoms with E-state index in [2.05, 4.69) is 11.4 Å². The van der Waals surface area contributed by atoms with Gasteiger partial charge in [-0.05, 0) is 87.3 Å². The lowest BCUT2D eigenvalue weighted by Gasteiger charge is -2.31. The lowest BCUT2D eigenvalue weighted by molar-refractivity contribution is -0.160. The molecule has 35 heavy (non-hydrogen) atoms. The number of piperidine rings is 1. The second-order valence-corrected chi connectivity index (χ2v) is 11.6. The Bertz CT molecular complexity index is 1200. The van der Waals surface area contributed by atoms with Crippen molar-refractivity contribution in [2.45, 2.75) is 69.9 Å². The van der Waals surface area contributed by atoms with Crippen molar-refractivity contribution >= 4 is 21.9 Å². The highest BCUT2D eigenvalue weighted by atomic mass is 32.2. The summed E-state index contributed by atoms with van der Waals surface area (Å²) in [6.07, 6.45) is 2.69. The van der Waals surface area contributed by atoms with Crippen LogP contribution in [0.1, 0.15) is 60.9 Å². The third-order valence-electron chi connectivity index (χ3n) is 7.25. The third-order valence-corrected chi connectivity index (χ3v) is 9.15. The van der Waals surface area contributed by atoms with Gasteiger partial charge in [-0.3, -0.25) is 9.59 Å². The van der Waals surface area contributed by atoms with Crippen LogP contribution in [0.2, 0.25) is 0 Å². The van der Waals surface area contributed by atoms with E-state index in [1.54, 1.807) is 19.1 Å². The Morgan fingerprint density at radius 2 is 1.74 bits per heavy atom. The molecule has 2 atom stereocenters. The molecular weight excluding hydrogens is 464 g/mol. The van der Waals surface area contributed by atoms with Gasteiger partial charge in [0.25, 0.3) is 5.91 Å². The van der Waals surface area contributed by atoms with Crippen molar-refractivity contribution in [1.82, 2.24) is 9.62 Å². The van der Waals surface area contributed by atoms with Gasteiger partial charge in [0.1, 0.15) is 0 Å². The van der Waals surface area contributed by atoms with Crippen LogP contribution < -0.4 is 5.32 Å². The molecule has 1 saturated heterocycles. The van der Waals surface area contributed by atoms with E-state index in [4.69, 9.17) is 4.74 Å². The number of nitrogens with one attached hydrogen (secondary N) is 1. The number of carbonyl (C=O) groups excluding carboxylic acids is 2. The summed E-state index contributed by atoms with van der Waals surface area (Å²) in [5.74, 6) is -1.18. The molecule has 188 valence electrons. The van der Waals surface area contributed by atoms with Crippen LogP contribution in [0.15, 0.2) is 47.4 Å². The van der Waals surface area contributed by atoms with Crippen LogP contribution in [0.3, 0.4) is 0 Å². The number of esters is 1. The maximum atomic E-state index is 13.0. The first kappa shape index (κ1) is 25.4. The van der Waals surface area contributed by atoms with Gasteiger partial charge in [-0.1, -0.05) is 30.3 Å². The lowest BCUT2D eigenvalue weighted by atomic mass is 9.87. The van der Waals surface area contributed by atoms with Crippen molar-refractivity contribution in [3.8, 4) is 0 Å². The minimum absolute atomic E-state index is 0.0764. The van der Waals surface area contributed by atoms with Crippen molar-refractivity contribution in [2.24, 2.45) is 5.92 Å². The van der Waals surface area contributed by atoms with Gasteiger partial charge in [-0.15, -0.1) is 0 Å². The maximum Gasteiger partial charge on any atom is 0.309 e. The molecule has 0 spiro atoms. The number of aryl methyl sites for hydroxylation is 3. The lowest BCUT2D eigenvalue weighted by Crippen LogP contribution is -2.43. The average molecular weight is 499 g/mol. The third kappa shape index (κ3) is 5.59. The quantitative estimate of drug-likeness (QED) is 0.611. The van der Waals surface area contributed by atoms with E-state index in [0.717, 1.165) is 36.0 Å². The van der Waals surface area contributed by atoms with Gasteiger partial charge in [0.05, 0.1) is 16.9 Å². The zero-order valence-electron chi connectivity index (χ0n) is 20.6. The molecule has 4 rings (SSSR count). The smallest absolute Gasteiger partial charge is 0.309 e. The predicted octanol–water partition coefficient (Wildman–Crippen LogP) is 3.83. The topological polar surface area (TPSA) is 92.8 Å². The van der Waals surface area contributed by atoms with E-state index < -0.39 is 28.0 Å². The number of benzene rings is 2. The van der Waals surface area contributed by atoms with E-state index in [9.17, 15) is 18.0 Å². The number of hydrogen-bond acceptors (Lipinski definition) is 5. The van der Waals surface area contributed by atoms with E-state index in [0.29, 0.717) is 12.8 Å². The number of fused-ring (bicyclic) bond motifs is 1. The average Bonchev–Trinajstić information content (AvgIpc) is 2.85. The van der Waals surface area contributed by atoms with Gasteiger partial charge < -0.3 is 10.1 Å². The Balaban J connectivity index is 1.30. The monoisotopic (exact) mass is 498 g/mol. The van der Waals surface area contributed by atoms with Crippen LogP contribution in [0.25, 0.3) is 0 Å². The normalized spacial score (nSPS) is 20.0. The molecule has 0 radical (unpaired) electrons. The molecule has 1 heterocycles. The van der Waals surface area contributed by atoms with Gasteiger partial charge in [-0.2, -0.15) is 4.31 Å². The highest BCUT2D eigenvalue weighted by molar-refractivity contribution is 7.89. The molecule has 1 amide bonds. The highest BCUT2D eigenvalue weighted by Crippen LogP contribution is 2.30. The molecule has 2 aromatic rings. The summed E-state index contributed by atoms with van der Waals surface area (Å²) in [4.78, 5) is 25.8. The minimum atomic E-state index is -3.61. The Labute approximate surface area is 207 Å².